The van der Waals surface area contributed by atoms with E-state index in [1.165, 1.54) is 0 Å². The number of piperidine rings is 1. The Morgan fingerprint density at radius 3 is 2.45 bits per heavy atom. The van der Waals surface area contributed by atoms with E-state index in [9.17, 15) is 4.79 Å². The Balaban J connectivity index is 2.45. The Kier molecular flexibility index (Phi) is 2.65. The fraction of sp³-hybridized carbons (Fsp3) is 0.625. The van der Waals surface area contributed by atoms with Crippen LogP contribution in [0.1, 0.15) is 12.8 Å². The predicted molar refractivity (Wildman–Crippen MR) is 42.4 cm³/mol. The molecule has 0 unspecified atom stereocenters. The molecule has 62 valence electrons. The average molecular weight is 155 g/mol. The Labute approximate surface area is 66.1 Å². The molecule has 1 fully saturated rings. The molecule has 0 aromatic heterocycles. The second-order valence-corrected chi connectivity index (χ2v) is 2.85. The van der Waals surface area contributed by atoms with Crippen molar-refractivity contribution in [3.05, 3.63) is 12.2 Å². The summed E-state index contributed by atoms with van der Waals surface area (Å²) >= 11 is 0. The molecule has 0 bridgehead atoms. The maximum Gasteiger partial charge on any atom is 0.331 e. The maximum atomic E-state index is 10.5. The zero-order valence-electron chi connectivity index (χ0n) is 6.47. The number of carboxylic acid groups (broad SMARTS) is 1. The summed E-state index contributed by atoms with van der Waals surface area (Å²) in [6, 6.07) is 0. The summed E-state index contributed by atoms with van der Waals surface area (Å²) in [5.41, 5.74) is 0.367. The van der Waals surface area contributed by atoms with E-state index in [0.29, 0.717) is 5.57 Å². The van der Waals surface area contributed by atoms with E-state index in [0.717, 1.165) is 25.9 Å². The van der Waals surface area contributed by atoms with Crippen LogP contribution in [0.3, 0.4) is 0 Å². The minimum Gasteiger partial charge on any atom is -0.478 e. The van der Waals surface area contributed by atoms with Crippen LogP contribution < -0.4 is 5.32 Å². The number of rotatable bonds is 2. The molecule has 0 spiro atoms. The van der Waals surface area contributed by atoms with Gasteiger partial charge in [-0.25, -0.2) is 4.79 Å². The largest absolute Gasteiger partial charge is 0.478 e. The SMILES string of the molecule is C=C(C(=O)O)C1CCNCC1. The number of carbonyl (C=O) groups is 1. The molecule has 0 aromatic rings. The first-order chi connectivity index (χ1) is 5.22. The Morgan fingerprint density at radius 1 is 1.45 bits per heavy atom. The summed E-state index contributed by atoms with van der Waals surface area (Å²) in [4.78, 5) is 10.5. The standard InChI is InChI=1S/C8H13NO2/c1-6(8(10)11)7-2-4-9-5-3-7/h7,9H,1-5H2,(H,10,11). The first kappa shape index (κ1) is 8.27. The lowest BCUT2D eigenvalue weighted by molar-refractivity contribution is -0.133. The van der Waals surface area contributed by atoms with Crippen molar-refractivity contribution in [3.63, 3.8) is 0 Å². The lowest BCUT2D eigenvalue weighted by Gasteiger charge is -2.22. The molecular weight excluding hydrogens is 142 g/mol. The highest BCUT2D eigenvalue weighted by Gasteiger charge is 2.19. The predicted octanol–water partition coefficient (Wildman–Crippen LogP) is 0.627. The third-order valence-corrected chi connectivity index (χ3v) is 2.11. The lowest BCUT2D eigenvalue weighted by Crippen LogP contribution is -2.29. The fourth-order valence-corrected chi connectivity index (χ4v) is 1.35. The second kappa shape index (κ2) is 3.53. The van der Waals surface area contributed by atoms with Crippen molar-refractivity contribution >= 4 is 5.97 Å². The van der Waals surface area contributed by atoms with Crippen molar-refractivity contribution < 1.29 is 9.90 Å². The summed E-state index contributed by atoms with van der Waals surface area (Å²) < 4.78 is 0. The van der Waals surface area contributed by atoms with Crippen molar-refractivity contribution in [2.75, 3.05) is 13.1 Å². The van der Waals surface area contributed by atoms with Gasteiger partial charge in [-0.3, -0.25) is 0 Å². The molecule has 0 aliphatic carbocycles. The molecule has 1 heterocycles. The van der Waals surface area contributed by atoms with Crippen molar-refractivity contribution in [3.8, 4) is 0 Å². The normalized spacial score (nSPS) is 19.6. The van der Waals surface area contributed by atoms with Crippen molar-refractivity contribution in [1.29, 1.82) is 0 Å². The first-order valence-electron chi connectivity index (χ1n) is 3.84. The van der Waals surface area contributed by atoms with Crippen LogP contribution in [0.4, 0.5) is 0 Å². The van der Waals surface area contributed by atoms with Gasteiger partial charge in [-0.1, -0.05) is 6.58 Å². The monoisotopic (exact) mass is 155 g/mol. The van der Waals surface area contributed by atoms with Gasteiger partial charge in [0.05, 0.1) is 0 Å². The van der Waals surface area contributed by atoms with E-state index in [4.69, 9.17) is 5.11 Å². The van der Waals surface area contributed by atoms with Gasteiger partial charge in [0.25, 0.3) is 0 Å². The van der Waals surface area contributed by atoms with Gasteiger partial charge in [-0.2, -0.15) is 0 Å². The molecule has 0 atom stereocenters. The minimum atomic E-state index is -0.850. The molecule has 1 aliphatic heterocycles. The molecule has 3 heteroatoms. The Bertz CT molecular complexity index is 171. The smallest absolute Gasteiger partial charge is 0.331 e. The molecule has 1 aliphatic rings. The van der Waals surface area contributed by atoms with Crippen molar-refractivity contribution in [2.24, 2.45) is 5.92 Å². The van der Waals surface area contributed by atoms with E-state index >= 15 is 0 Å². The van der Waals surface area contributed by atoms with E-state index in [1.807, 2.05) is 0 Å². The lowest BCUT2D eigenvalue weighted by atomic mass is 9.91. The molecule has 0 saturated carbocycles. The molecule has 11 heavy (non-hydrogen) atoms. The number of nitrogens with one attached hydrogen (secondary N) is 1. The number of hydrogen-bond donors (Lipinski definition) is 2. The van der Waals surface area contributed by atoms with Crippen LogP contribution in [0, 0.1) is 5.92 Å². The van der Waals surface area contributed by atoms with E-state index < -0.39 is 5.97 Å². The van der Waals surface area contributed by atoms with Gasteiger partial charge in [0, 0.05) is 5.57 Å². The highest BCUT2D eigenvalue weighted by atomic mass is 16.4. The zero-order chi connectivity index (χ0) is 8.27. The van der Waals surface area contributed by atoms with Crippen molar-refractivity contribution in [2.45, 2.75) is 12.8 Å². The van der Waals surface area contributed by atoms with Gasteiger partial charge in [0.1, 0.15) is 0 Å². The third kappa shape index (κ3) is 2.05. The summed E-state index contributed by atoms with van der Waals surface area (Å²) in [5, 5.41) is 11.8. The van der Waals surface area contributed by atoms with Gasteiger partial charge in [0.2, 0.25) is 0 Å². The van der Waals surface area contributed by atoms with E-state index in [2.05, 4.69) is 11.9 Å². The molecule has 1 rings (SSSR count). The van der Waals surface area contributed by atoms with Crippen LogP contribution in [0.5, 0.6) is 0 Å². The zero-order valence-corrected chi connectivity index (χ0v) is 6.47. The molecule has 3 nitrogen and oxygen atoms in total. The Hall–Kier alpha value is -0.830. The number of hydrogen-bond acceptors (Lipinski definition) is 2. The van der Waals surface area contributed by atoms with Crippen LogP contribution in [-0.2, 0) is 4.79 Å². The maximum absolute atomic E-state index is 10.5. The van der Waals surface area contributed by atoms with Gasteiger partial charge in [-0.15, -0.1) is 0 Å². The molecule has 0 amide bonds. The van der Waals surface area contributed by atoms with Crippen molar-refractivity contribution in [1.82, 2.24) is 5.32 Å². The highest BCUT2D eigenvalue weighted by molar-refractivity contribution is 5.86. The molecular formula is C8H13NO2. The van der Waals surface area contributed by atoms with Crippen LogP contribution >= 0.6 is 0 Å². The van der Waals surface area contributed by atoms with Gasteiger partial charge < -0.3 is 10.4 Å². The highest BCUT2D eigenvalue weighted by Crippen LogP contribution is 2.19. The fourth-order valence-electron chi connectivity index (χ4n) is 1.35. The second-order valence-electron chi connectivity index (χ2n) is 2.85. The van der Waals surface area contributed by atoms with Gasteiger partial charge in [0.15, 0.2) is 0 Å². The van der Waals surface area contributed by atoms with Gasteiger partial charge in [-0.05, 0) is 31.8 Å². The average Bonchev–Trinajstić information content (AvgIpc) is 2.05. The minimum absolute atomic E-state index is 0.189. The summed E-state index contributed by atoms with van der Waals surface area (Å²) in [6.45, 7) is 5.38. The number of carboxylic acids is 1. The molecule has 2 N–H and O–H groups in total. The van der Waals surface area contributed by atoms with E-state index in [1.54, 1.807) is 0 Å². The van der Waals surface area contributed by atoms with Gasteiger partial charge >= 0.3 is 5.97 Å². The third-order valence-electron chi connectivity index (χ3n) is 2.11. The van der Waals surface area contributed by atoms with Crippen LogP contribution in [0.2, 0.25) is 0 Å². The molecule has 0 radical (unpaired) electrons. The molecule has 0 aromatic carbocycles. The van der Waals surface area contributed by atoms with E-state index in [-0.39, 0.29) is 5.92 Å². The number of aliphatic carboxylic acids is 1. The quantitative estimate of drug-likeness (QED) is 0.575. The summed E-state index contributed by atoms with van der Waals surface area (Å²) in [7, 11) is 0. The first-order valence-corrected chi connectivity index (χ1v) is 3.84. The van der Waals surface area contributed by atoms with Crippen LogP contribution in [0.25, 0.3) is 0 Å². The molecule has 1 saturated heterocycles. The van der Waals surface area contributed by atoms with Crippen LogP contribution in [0.15, 0.2) is 12.2 Å². The Morgan fingerprint density at radius 2 is 2.00 bits per heavy atom. The van der Waals surface area contributed by atoms with Crippen LogP contribution in [-0.4, -0.2) is 24.2 Å². The summed E-state index contributed by atoms with van der Waals surface area (Å²) in [5.74, 6) is -0.661. The topological polar surface area (TPSA) is 49.3 Å². The summed E-state index contributed by atoms with van der Waals surface area (Å²) in [6.07, 6.45) is 1.82.